The molecule has 0 spiro atoms. The number of hydrogen-bond donors (Lipinski definition) is 0. The van der Waals surface area contributed by atoms with Crippen LogP contribution < -0.4 is 0 Å². The minimum absolute atomic E-state index is 0.491. The van der Waals surface area contributed by atoms with Gasteiger partial charge in [0.2, 0.25) is 0 Å². The molecule has 0 N–H and O–H groups in total. The van der Waals surface area contributed by atoms with Crippen molar-refractivity contribution in [3.05, 3.63) is 18.2 Å². The highest BCUT2D eigenvalue weighted by molar-refractivity contribution is 14.1. The van der Waals surface area contributed by atoms with Gasteiger partial charge >= 0.3 is 0 Å². The summed E-state index contributed by atoms with van der Waals surface area (Å²) in [5.74, 6) is 1.17. The van der Waals surface area contributed by atoms with Crippen molar-refractivity contribution in [2.24, 2.45) is 0 Å². The van der Waals surface area contributed by atoms with Gasteiger partial charge in [-0.1, -0.05) is 22.6 Å². The molecule has 1 rings (SSSR count). The first-order chi connectivity index (χ1) is 5.13. The van der Waals surface area contributed by atoms with E-state index in [1.54, 1.807) is 0 Å². The second-order valence-corrected chi connectivity index (χ2v) is 4.77. The van der Waals surface area contributed by atoms with E-state index < -0.39 is 0 Å². The van der Waals surface area contributed by atoms with Crippen LogP contribution in [0.15, 0.2) is 12.4 Å². The molecule has 0 bridgehead atoms. The Balaban J connectivity index is 2.96. The van der Waals surface area contributed by atoms with Crippen LogP contribution in [0.4, 0.5) is 0 Å². The molecule has 0 unspecified atom stereocenters. The maximum Gasteiger partial charge on any atom is 0.121 e. The quantitative estimate of drug-likeness (QED) is 0.593. The zero-order valence-corrected chi connectivity index (χ0v) is 9.24. The lowest BCUT2D eigenvalue weighted by Gasteiger charge is -2.12. The summed E-state index contributed by atoms with van der Waals surface area (Å²) in [5.41, 5.74) is 0. The van der Waals surface area contributed by atoms with Gasteiger partial charge < -0.3 is 4.57 Å². The number of nitrogens with zero attached hydrogens (tertiary/aromatic N) is 2. The fourth-order valence-corrected chi connectivity index (χ4v) is 1.55. The average Bonchev–Trinajstić information content (AvgIpc) is 2.32. The van der Waals surface area contributed by atoms with Gasteiger partial charge in [-0.2, -0.15) is 0 Å². The van der Waals surface area contributed by atoms with Crippen LogP contribution in [0, 0.1) is 0 Å². The van der Waals surface area contributed by atoms with Crippen molar-refractivity contribution >= 4 is 22.6 Å². The van der Waals surface area contributed by atoms with E-state index in [0.717, 1.165) is 0 Å². The Bertz CT molecular complexity index is 205. The summed E-state index contributed by atoms with van der Waals surface area (Å²) in [4.78, 5) is 4.29. The lowest BCUT2D eigenvalue weighted by Crippen LogP contribution is -2.05. The van der Waals surface area contributed by atoms with Crippen LogP contribution >= 0.6 is 22.6 Å². The van der Waals surface area contributed by atoms with Crippen molar-refractivity contribution in [2.75, 3.05) is 0 Å². The molecule has 0 fully saturated rings. The Morgan fingerprint density at radius 2 is 2.09 bits per heavy atom. The van der Waals surface area contributed by atoms with E-state index in [9.17, 15) is 0 Å². The smallest absolute Gasteiger partial charge is 0.121 e. The van der Waals surface area contributed by atoms with Crippen molar-refractivity contribution in [2.45, 2.75) is 30.7 Å². The normalized spacial score (nSPS) is 13.9. The van der Waals surface area contributed by atoms with E-state index in [1.807, 2.05) is 12.4 Å². The van der Waals surface area contributed by atoms with E-state index in [0.29, 0.717) is 9.97 Å². The Morgan fingerprint density at radius 3 is 2.45 bits per heavy atom. The van der Waals surface area contributed by atoms with Gasteiger partial charge in [0.05, 0.1) is 3.92 Å². The van der Waals surface area contributed by atoms with Crippen molar-refractivity contribution in [3.8, 4) is 0 Å². The molecule has 0 aliphatic carbocycles. The molecule has 0 saturated carbocycles. The van der Waals surface area contributed by atoms with Gasteiger partial charge in [0, 0.05) is 18.4 Å². The summed E-state index contributed by atoms with van der Waals surface area (Å²) in [7, 11) is 0. The van der Waals surface area contributed by atoms with Gasteiger partial charge in [-0.3, -0.25) is 0 Å². The van der Waals surface area contributed by atoms with Crippen LogP contribution in [-0.2, 0) is 0 Å². The van der Waals surface area contributed by atoms with E-state index in [4.69, 9.17) is 0 Å². The molecular formula is C8H13IN2. The summed E-state index contributed by atoms with van der Waals surface area (Å²) in [5, 5.41) is 0. The average molecular weight is 264 g/mol. The molecule has 1 atom stereocenters. The molecule has 1 aromatic rings. The van der Waals surface area contributed by atoms with E-state index in [1.165, 1.54) is 5.82 Å². The van der Waals surface area contributed by atoms with Crippen molar-refractivity contribution in [3.63, 3.8) is 0 Å². The molecule has 3 heteroatoms. The Hall–Kier alpha value is -0.0600. The molecule has 0 aliphatic rings. The van der Waals surface area contributed by atoms with E-state index in [2.05, 4.69) is 52.9 Å². The van der Waals surface area contributed by atoms with Crippen LogP contribution in [0.25, 0.3) is 0 Å². The lowest BCUT2D eigenvalue weighted by molar-refractivity contribution is 0.572. The highest BCUT2D eigenvalue weighted by atomic mass is 127. The third-order valence-electron chi connectivity index (χ3n) is 1.61. The van der Waals surface area contributed by atoms with Gasteiger partial charge in [0.25, 0.3) is 0 Å². The fraction of sp³-hybridized carbons (Fsp3) is 0.625. The van der Waals surface area contributed by atoms with Crippen molar-refractivity contribution in [1.29, 1.82) is 0 Å². The highest BCUT2D eigenvalue weighted by Gasteiger charge is 2.09. The van der Waals surface area contributed by atoms with Gasteiger partial charge in [-0.15, -0.1) is 0 Å². The van der Waals surface area contributed by atoms with Crippen LogP contribution in [0.3, 0.4) is 0 Å². The molecule has 62 valence electrons. The molecule has 11 heavy (non-hydrogen) atoms. The van der Waals surface area contributed by atoms with E-state index in [-0.39, 0.29) is 0 Å². The van der Waals surface area contributed by atoms with Gasteiger partial charge in [-0.25, -0.2) is 4.98 Å². The molecule has 2 nitrogen and oxygen atoms in total. The molecule has 0 saturated heterocycles. The first kappa shape index (κ1) is 9.03. The Kier molecular flexibility index (Phi) is 2.92. The predicted octanol–water partition coefficient (Wildman–Crippen LogP) is 2.96. The summed E-state index contributed by atoms with van der Waals surface area (Å²) < 4.78 is 2.70. The Labute approximate surface area is 81.2 Å². The number of rotatable bonds is 2. The maximum absolute atomic E-state index is 4.29. The van der Waals surface area contributed by atoms with E-state index >= 15 is 0 Å². The molecular weight excluding hydrogens is 251 g/mol. The predicted molar refractivity (Wildman–Crippen MR) is 55.0 cm³/mol. The summed E-state index contributed by atoms with van der Waals surface area (Å²) >= 11 is 2.38. The zero-order valence-electron chi connectivity index (χ0n) is 7.08. The van der Waals surface area contributed by atoms with Crippen molar-refractivity contribution in [1.82, 2.24) is 9.55 Å². The SMILES string of the molecule is CC(C)n1ccnc1[C@H](C)I. The first-order valence-corrected chi connectivity index (χ1v) is 5.04. The minimum atomic E-state index is 0.491. The Morgan fingerprint density at radius 1 is 1.45 bits per heavy atom. The third kappa shape index (κ3) is 1.95. The molecule has 0 aromatic carbocycles. The maximum atomic E-state index is 4.29. The molecule has 0 radical (unpaired) electrons. The number of aromatic nitrogens is 2. The zero-order chi connectivity index (χ0) is 8.43. The largest absolute Gasteiger partial charge is 0.332 e. The molecule has 0 amide bonds. The second kappa shape index (κ2) is 3.56. The van der Waals surface area contributed by atoms with Crippen LogP contribution in [0.5, 0.6) is 0 Å². The third-order valence-corrected chi connectivity index (χ3v) is 2.17. The van der Waals surface area contributed by atoms with Crippen LogP contribution in [0.2, 0.25) is 0 Å². The topological polar surface area (TPSA) is 17.8 Å². The number of alkyl halides is 1. The van der Waals surface area contributed by atoms with Crippen LogP contribution in [-0.4, -0.2) is 9.55 Å². The molecule has 1 aromatic heterocycles. The second-order valence-electron chi connectivity index (χ2n) is 2.90. The van der Waals surface area contributed by atoms with Gasteiger partial charge in [0.15, 0.2) is 0 Å². The summed E-state index contributed by atoms with van der Waals surface area (Å²) in [6.45, 7) is 6.50. The monoisotopic (exact) mass is 264 g/mol. The molecule has 1 heterocycles. The van der Waals surface area contributed by atoms with Gasteiger partial charge in [0.1, 0.15) is 5.82 Å². The molecule has 0 aliphatic heterocycles. The summed E-state index contributed by atoms with van der Waals surface area (Å²) in [6, 6.07) is 0.518. The van der Waals surface area contributed by atoms with Crippen molar-refractivity contribution < 1.29 is 0 Å². The standard InChI is InChI=1S/C8H13IN2/c1-6(2)11-5-4-10-8(11)7(3)9/h4-7H,1-3H3/t7-/m0/s1. The number of imidazole rings is 1. The van der Waals surface area contributed by atoms with Crippen LogP contribution in [0.1, 0.15) is 36.6 Å². The highest BCUT2D eigenvalue weighted by Crippen LogP contribution is 2.22. The first-order valence-electron chi connectivity index (χ1n) is 3.79. The number of hydrogen-bond acceptors (Lipinski definition) is 1. The lowest BCUT2D eigenvalue weighted by atomic mass is 10.3. The fourth-order valence-electron chi connectivity index (χ4n) is 1.07. The number of halogens is 1. The minimum Gasteiger partial charge on any atom is -0.332 e. The van der Waals surface area contributed by atoms with Gasteiger partial charge in [-0.05, 0) is 20.8 Å². The summed E-state index contributed by atoms with van der Waals surface area (Å²) in [6.07, 6.45) is 3.90.